The molecule has 0 spiro atoms. The van der Waals surface area contributed by atoms with E-state index in [0.717, 1.165) is 17.9 Å². The highest BCUT2D eigenvalue weighted by molar-refractivity contribution is 5.53. The van der Waals surface area contributed by atoms with E-state index in [1.807, 2.05) is 41.2 Å². The van der Waals surface area contributed by atoms with Crippen LogP contribution in [0.4, 0.5) is 0 Å². The van der Waals surface area contributed by atoms with Crippen molar-refractivity contribution in [2.75, 3.05) is 7.11 Å². The number of nitrogens with zero attached hydrogens (tertiary/aromatic N) is 4. The molecule has 0 bridgehead atoms. The maximum atomic E-state index is 5.68. The normalized spacial score (nSPS) is 12.3. The number of hydrogen-bond acceptors (Lipinski definition) is 6. The Kier molecular flexibility index (Phi) is 4.68. The third-order valence-corrected chi connectivity index (χ3v) is 3.43. The number of hydrogen-bond donors (Lipinski definition) is 1. The SMILES string of the molecule is COc1ccc(-c2nnc(CN[C@@H](C)Cn3cccn3)o2)cc1. The van der Waals surface area contributed by atoms with E-state index >= 15 is 0 Å². The van der Waals surface area contributed by atoms with E-state index in [2.05, 4.69) is 27.5 Å². The first kappa shape index (κ1) is 15.2. The van der Waals surface area contributed by atoms with Gasteiger partial charge in [0.2, 0.25) is 11.8 Å². The van der Waals surface area contributed by atoms with Crippen molar-refractivity contribution < 1.29 is 9.15 Å². The van der Waals surface area contributed by atoms with Crippen molar-refractivity contribution in [2.45, 2.75) is 26.1 Å². The lowest BCUT2D eigenvalue weighted by Gasteiger charge is -2.11. The van der Waals surface area contributed by atoms with Gasteiger partial charge in [-0.25, -0.2) is 0 Å². The van der Waals surface area contributed by atoms with E-state index in [4.69, 9.17) is 9.15 Å². The van der Waals surface area contributed by atoms with Crippen LogP contribution in [0.2, 0.25) is 0 Å². The number of methoxy groups -OCH3 is 1. The predicted molar refractivity (Wildman–Crippen MR) is 84.8 cm³/mol. The van der Waals surface area contributed by atoms with Crippen molar-refractivity contribution >= 4 is 0 Å². The molecule has 0 saturated heterocycles. The molecule has 0 aliphatic rings. The van der Waals surface area contributed by atoms with Crippen LogP contribution in [0.5, 0.6) is 5.75 Å². The summed E-state index contributed by atoms with van der Waals surface area (Å²) in [5.41, 5.74) is 0.870. The molecule has 7 nitrogen and oxygen atoms in total. The fourth-order valence-corrected chi connectivity index (χ4v) is 2.19. The van der Waals surface area contributed by atoms with Crippen molar-refractivity contribution in [3.05, 3.63) is 48.6 Å². The topological polar surface area (TPSA) is 78.0 Å². The number of nitrogens with one attached hydrogen (secondary N) is 1. The molecule has 3 aromatic rings. The van der Waals surface area contributed by atoms with Gasteiger partial charge < -0.3 is 14.5 Å². The molecule has 2 heterocycles. The molecular weight excluding hydrogens is 294 g/mol. The second kappa shape index (κ2) is 7.06. The molecule has 120 valence electrons. The van der Waals surface area contributed by atoms with E-state index in [-0.39, 0.29) is 6.04 Å². The van der Waals surface area contributed by atoms with Crippen LogP contribution in [0.15, 0.2) is 47.1 Å². The summed E-state index contributed by atoms with van der Waals surface area (Å²) >= 11 is 0. The lowest BCUT2D eigenvalue weighted by molar-refractivity contribution is 0.410. The monoisotopic (exact) mass is 313 g/mol. The summed E-state index contributed by atoms with van der Waals surface area (Å²) in [4.78, 5) is 0. The molecule has 1 atom stereocenters. The van der Waals surface area contributed by atoms with Crippen LogP contribution >= 0.6 is 0 Å². The van der Waals surface area contributed by atoms with Gasteiger partial charge in [-0.3, -0.25) is 4.68 Å². The van der Waals surface area contributed by atoms with E-state index in [9.17, 15) is 0 Å². The van der Waals surface area contributed by atoms with Crippen LogP contribution in [0.25, 0.3) is 11.5 Å². The maximum Gasteiger partial charge on any atom is 0.247 e. The van der Waals surface area contributed by atoms with Gasteiger partial charge in [-0.05, 0) is 37.3 Å². The molecule has 7 heteroatoms. The first-order valence-corrected chi connectivity index (χ1v) is 7.42. The molecule has 0 fully saturated rings. The summed E-state index contributed by atoms with van der Waals surface area (Å²) in [5, 5.41) is 15.7. The number of rotatable bonds is 7. The Morgan fingerprint density at radius 3 is 2.78 bits per heavy atom. The fraction of sp³-hybridized carbons (Fsp3) is 0.312. The molecule has 1 aromatic carbocycles. The average Bonchev–Trinajstić information content (AvgIpc) is 3.25. The smallest absolute Gasteiger partial charge is 0.247 e. The van der Waals surface area contributed by atoms with Crippen LogP contribution in [-0.4, -0.2) is 33.1 Å². The van der Waals surface area contributed by atoms with Crippen LogP contribution in [0.3, 0.4) is 0 Å². The zero-order chi connectivity index (χ0) is 16.1. The lowest BCUT2D eigenvalue weighted by atomic mass is 10.2. The molecule has 3 rings (SSSR count). The minimum Gasteiger partial charge on any atom is -0.497 e. The van der Waals surface area contributed by atoms with Crippen LogP contribution in [0.1, 0.15) is 12.8 Å². The van der Waals surface area contributed by atoms with Crippen molar-refractivity contribution in [2.24, 2.45) is 0 Å². The van der Waals surface area contributed by atoms with Gasteiger partial charge in [-0.15, -0.1) is 10.2 Å². The number of aromatic nitrogens is 4. The molecule has 0 aliphatic heterocycles. The standard InChI is InChI=1S/C16H19N5O2/c1-12(11-21-9-3-8-18-21)17-10-15-19-20-16(23-15)13-4-6-14(22-2)7-5-13/h3-9,12,17H,10-11H2,1-2H3/t12-/m0/s1. The Bertz CT molecular complexity index is 721. The maximum absolute atomic E-state index is 5.68. The zero-order valence-corrected chi connectivity index (χ0v) is 13.1. The lowest BCUT2D eigenvalue weighted by Crippen LogP contribution is -2.30. The van der Waals surface area contributed by atoms with E-state index in [1.165, 1.54) is 0 Å². The third kappa shape index (κ3) is 3.95. The molecule has 0 radical (unpaired) electrons. The number of ether oxygens (including phenoxy) is 1. The predicted octanol–water partition coefficient (Wildman–Crippen LogP) is 2.12. The number of benzene rings is 1. The molecule has 1 N–H and O–H groups in total. The highest BCUT2D eigenvalue weighted by Crippen LogP contribution is 2.21. The molecular formula is C16H19N5O2. The second-order valence-corrected chi connectivity index (χ2v) is 5.24. The van der Waals surface area contributed by atoms with Crippen molar-refractivity contribution in [1.82, 2.24) is 25.3 Å². The van der Waals surface area contributed by atoms with Crippen molar-refractivity contribution in [1.29, 1.82) is 0 Å². The molecule has 23 heavy (non-hydrogen) atoms. The highest BCUT2D eigenvalue weighted by atomic mass is 16.5. The van der Waals surface area contributed by atoms with E-state index < -0.39 is 0 Å². The van der Waals surface area contributed by atoms with Crippen LogP contribution in [0, 0.1) is 0 Å². The third-order valence-electron chi connectivity index (χ3n) is 3.43. The van der Waals surface area contributed by atoms with Gasteiger partial charge in [0, 0.05) is 24.0 Å². The summed E-state index contributed by atoms with van der Waals surface area (Å²) in [7, 11) is 1.63. The van der Waals surface area contributed by atoms with E-state index in [1.54, 1.807) is 13.3 Å². The molecule has 0 aliphatic carbocycles. The van der Waals surface area contributed by atoms with Gasteiger partial charge in [-0.1, -0.05) is 0 Å². The summed E-state index contributed by atoms with van der Waals surface area (Å²) in [6.45, 7) is 3.39. The summed E-state index contributed by atoms with van der Waals surface area (Å²) in [5.74, 6) is 1.86. The van der Waals surface area contributed by atoms with E-state index in [0.29, 0.717) is 18.3 Å². The first-order valence-electron chi connectivity index (χ1n) is 7.42. The van der Waals surface area contributed by atoms with Gasteiger partial charge in [-0.2, -0.15) is 5.10 Å². The second-order valence-electron chi connectivity index (χ2n) is 5.24. The van der Waals surface area contributed by atoms with Gasteiger partial charge in [0.25, 0.3) is 0 Å². The average molecular weight is 313 g/mol. The molecule has 0 saturated carbocycles. The van der Waals surface area contributed by atoms with Crippen molar-refractivity contribution in [3.8, 4) is 17.2 Å². The zero-order valence-electron chi connectivity index (χ0n) is 13.1. The molecule has 2 aromatic heterocycles. The Labute approximate surface area is 134 Å². The Morgan fingerprint density at radius 2 is 2.09 bits per heavy atom. The Hall–Kier alpha value is -2.67. The summed E-state index contributed by atoms with van der Waals surface area (Å²) in [6.07, 6.45) is 3.71. The fourth-order valence-electron chi connectivity index (χ4n) is 2.19. The summed E-state index contributed by atoms with van der Waals surface area (Å²) in [6, 6.07) is 9.67. The summed E-state index contributed by atoms with van der Waals surface area (Å²) < 4.78 is 12.7. The van der Waals surface area contributed by atoms with Gasteiger partial charge in [0.1, 0.15) is 5.75 Å². The van der Waals surface area contributed by atoms with Crippen LogP contribution < -0.4 is 10.1 Å². The minimum atomic E-state index is 0.242. The highest BCUT2D eigenvalue weighted by Gasteiger charge is 2.10. The molecule has 0 unspecified atom stereocenters. The Balaban J connectivity index is 1.56. The van der Waals surface area contributed by atoms with Gasteiger partial charge in [0.15, 0.2) is 0 Å². The largest absolute Gasteiger partial charge is 0.497 e. The van der Waals surface area contributed by atoms with Gasteiger partial charge in [0.05, 0.1) is 20.2 Å². The molecule has 0 amide bonds. The minimum absolute atomic E-state index is 0.242. The van der Waals surface area contributed by atoms with Crippen LogP contribution in [-0.2, 0) is 13.1 Å². The quantitative estimate of drug-likeness (QED) is 0.720. The van der Waals surface area contributed by atoms with Gasteiger partial charge >= 0.3 is 0 Å². The van der Waals surface area contributed by atoms with Crippen molar-refractivity contribution in [3.63, 3.8) is 0 Å². The first-order chi connectivity index (χ1) is 11.2. The Morgan fingerprint density at radius 1 is 1.26 bits per heavy atom.